The van der Waals surface area contributed by atoms with Gasteiger partial charge in [0.25, 0.3) is 0 Å². The molecule has 5 heteroatoms. The maximum atomic E-state index is 12.5. The van der Waals surface area contributed by atoms with Gasteiger partial charge in [0, 0.05) is 25.3 Å². The Morgan fingerprint density at radius 1 is 0.800 bits per heavy atom. The SMILES string of the molecule is CCCCCCCCCCCCCCCCCC(CC[N+]1([O-])CCCC1)NC(=O)O. The van der Waals surface area contributed by atoms with E-state index in [1.54, 1.807) is 0 Å². The zero-order valence-electron chi connectivity index (χ0n) is 19.8. The maximum Gasteiger partial charge on any atom is 0.404 e. The van der Waals surface area contributed by atoms with Crippen molar-refractivity contribution < 1.29 is 14.5 Å². The summed E-state index contributed by atoms with van der Waals surface area (Å²) in [6, 6.07) is -0.0611. The second-order valence-electron chi connectivity index (χ2n) is 9.61. The van der Waals surface area contributed by atoms with E-state index in [1.165, 1.54) is 89.9 Å². The number of amides is 1. The van der Waals surface area contributed by atoms with E-state index in [0.717, 1.165) is 25.7 Å². The van der Waals surface area contributed by atoms with Crippen LogP contribution in [0.2, 0.25) is 0 Å². The average Bonchev–Trinajstić information content (AvgIpc) is 3.15. The van der Waals surface area contributed by atoms with Crippen molar-refractivity contribution in [3.8, 4) is 0 Å². The molecule has 2 N–H and O–H groups in total. The monoisotopic (exact) mass is 426 g/mol. The number of rotatable bonds is 20. The summed E-state index contributed by atoms with van der Waals surface area (Å²) in [4.78, 5) is 11.1. The minimum absolute atomic E-state index is 0.0611. The van der Waals surface area contributed by atoms with Gasteiger partial charge in [0.1, 0.15) is 0 Å². The van der Waals surface area contributed by atoms with Gasteiger partial charge in [0.05, 0.1) is 19.6 Å². The third kappa shape index (κ3) is 15.1. The predicted octanol–water partition coefficient (Wildman–Crippen LogP) is 7.38. The standard InChI is InChI=1S/C25H50N2O3/c1-2-3-4-5-6-7-8-9-10-11-12-13-14-15-16-19-24(26-25(28)29)20-23-27(30)21-17-18-22-27/h24,26H,2-23H2,1H3,(H,28,29). The number of hydrogen-bond acceptors (Lipinski definition) is 2. The molecule has 1 aliphatic heterocycles. The first-order valence-electron chi connectivity index (χ1n) is 13.1. The van der Waals surface area contributed by atoms with E-state index in [0.29, 0.717) is 26.1 Å². The third-order valence-corrected chi connectivity index (χ3v) is 6.75. The Morgan fingerprint density at radius 3 is 1.67 bits per heavy atom. The van der Waals surface area contributed by atoms with Gasteiger partial charge < -0.3 is 20.3 Å². The van der Waals surface area contributed by atoms with Gasteiger partial charge in [-0.15, -0.1) is 0 Å². The molecular formula is C25H50N2O3. The molecule has 30 heavy (non-hydrogen) atoms. The molecule has 1 atom stereocenters. The molecule has 0 aromatic rings. The second kappa shape index (κ2) is 17.8. The van der Waals surface area contributed by atoms with E-state index >= 15 is 0 Å². The van der Waals surface area contributed by atoms with Crippen LogP contribution in [0.3, 0.4) is 0 Å². The van der Waals surface area contributed by atoms with Gasteiger partial charge in [0.2, 0.25) is 0 Å². The van der Waals surface area contributed by atoms with Crippen LogP contribution in [0.15, 0.2) is 0 Å². The highest BCUT2D eigenvalue weighted by Gasteiger charge is 2.24. The van der Waals surface area contributed by atoms with Gasteiger partial charge in [0.15, 0.2) is 0 Å². The molecule has 5 nitrogen and oxygen atoms in total. The molecule has 0 radical (unpaired) electrons. The van der Waals surface area contributed by atoms with Crippen molar-refractivity contribution in [2.75, 3.05) is 19.6 Å². The topological polar surface area (TPSA) is 72.4 Å². The fourth-order valence-corrected chi connectivity index (χ4v) is 4.75. The summed E-state index contributed by atoms with van der Waals surface area (Å²) < 4.78 is -0.114. The van der Waals surface area contributed by atoms with Crippen LogP contribution in [0.5, 0.6) is 0 Å². The Kier molecular flexibility index (Phi) is 16.2. The van der Waals surface area contributed by atoms with Crippen LogP contribution >= 0.6 is 0 Å². The van der Waals surface area contributed by atoms with Crippen molar-refractivity contribution in [1.82, 2.24) is 5.32 Å². The van der Waals surface area contributed by atoms with E-state index in [2.05, 4.69) is 12.2 Å². The molecule has 1 amide bonds. The minimum Gasteiger partial charge on any atom is -0.633 e. The van der Waals surface area contributed by atoms with Gasteiger partial charge in [-0.2, -0.15) is 0 Å². The number of nitrogens with zero attached hydrogens (tertiary/aromatic N) is 1. The lowest BCUT2D eigenvalue weighted by molar-refractivity contribution is -0.868. The number of hydroxylamine groups is 3. The highest BCUT2D eigenvalue weighted by molar-refractivity contribution is 5.64. The Labute approximate surface area is 186 Å². The molecule has 1 fully saturated rings. The number of likely N-dealkylation sites (tertiary alicyclic amines) is 1. The van der Waals surface area contributed by atoms with E-state index in [9.17, 15) is 10.0 Å². The summed E-state index contributed by atoms with van der Waals surface area (Å²) in [5.41, 5.74) is 0. The summed E-state index contributed by atoms with van der Waals surface area (Å²) >= 11 is 0. The summed E-state index contributed by atoms with van der Waals surface area (Å²) in [5, 5.41) is 24.2. The minimum atomic E-state index is -0.958. The van der Waals surface area contributed by atoms with Crippen molar-refractivity contribution in [2.24, 2.45) is 0 Å². The van der Waals surface area contributed by atoms with Crippen molar-refractivity contribution in [3.05, 3.63) is 5.21 Å². The Morgan fingerprint density at radius 2 is 1.23 bits per heavy atom. The number of carbonyl (C=O) groups is 1. The Bertz CT molecular complexity index is 411. The highest BCUT2D eigenvalue weighted by atomic mass is 16.5. The molecule has 0 aliphatic carbocycles. The largest absolute Gasteiger partial charge is 0.633 e. The van der Waals surface area contributed by atoms with Crippen LogP contribution in [-0.2, 0) is 0 Å². The van der Waals surface area contributed by atoms with E-state index < -0.39 is 6.09 Å². The number of nitrogens with one attached hydrogen (secondary N) is 1. The van der Waals surface area contributed by atoms with Gasteiger partial charge in [-0.25, -0.2) is 4.79 Å². The maximum absolute atomic E-state index is 12.5. The molecule has 0 saturated carbocycles. The first-order chi connectivity index (χ1) is 14.6. The first-order valence-corrected chi connectivity index (χ1v) is 13.1. The summed E-state index contributed by atoms with van der Waals surface area (Å²) in [7, 11) is 0. The van der Waals surface area contributed by atoms with Crippen LogP contribution < -0.4 is 5.32 Å². The third-order valence-electron chi connectivity index (χ3n) is 6.75. The zero-order chi connectivity index (χ0) is 21.9. The van der Waals surface area contributed by atoms with Crippen molar-refractivity contribution in [2.45, 2.75) is 135 Å². The van der Waals surface area contributed by atoms with E-state index in [4.69, 9.17) is 5.11 Å². The van der Waals surface area contributed by atoms with Crippen LogP contribution in [-0.4, -0.2) is 41.5 Å². The second-order valence-corrected chi connectivity index (χ2v) is 9.61. The molecular weight excluding hydrogens is 376 g/mol. The Hall–Kier alpha value is -0.810. The van der Waals surface area contributed by atoms with Gasteiger partial charge in [-0.1, -0.05) is 103 Å². The summed E-state index contributed by atoms with van der Waals surface area (Å²) in [6.45, 7) is 4.25. The van der Waals surface area contributed by atoms with Gasteiger partial charge in [-0.3, -0.25) is 0 Å². The lowest BCUT2D eigenvalue weighted by Crippen LogP contribution is -2.43. The molecule has 0 bridgehead atoms. The molecule has 178 valence electrons. The van der Waals surface area contributed by atoms with E-state index in [-0.39, 0.29) is 10.7 Å². The average molecular weight is 427 g/mol. The molecule has 0 aromatic carbocycles. The number of hydrogen-bond donors (Lipinski definition) is 2. The first kappa shape index (κ1) is 27.2. The Balaban J connectivity index is 1.93. The highest BCUT2D eigenvalue weighted by Crippen LogP contribution is 2.20. The fraction of sp³-hybridized carbons (Fsp3) is 0.960. The number of carboxylic acid groups (broad SMARTS) is 1. The molecule has 1 aliphatic rings. The van der Waals surface area contributed by atoms with Gasteiger partial charge >= 0.3 is 6.09 Å². The smallest absolute Gasteiger partial charge is 0.404 e. The number of unbranched alkanes of at least 4 members (excludes halogenated alkanes) is 14. The van der Waals surface area contributed by atoms with Crippen molar-refractivity contribution in [3.63, 3.8) is 0 Å². The quantitative estimate of drug-likeness (QED) is 0.121. The van der Waals surface area contributed by atoms with Crippen LogP contribution in [0.4, 0.5) is 4.79 Å². The lowest BCUT2D eigenvalue weighted by atomic mass is 10.0. The molecule has 1 unspecified atom stereocenters. The molecule has 1 rings (SSSR count). The molecule has 1 saturated heterocycles. The van der Waals surface area contributed by atoms with Crippen LogP contribution in [0.1, 0.15) is 129 Å². The van der Waals surface area contributed by atoms with Gasteiger partial charge in [-0.05, 0) is 6.42 Å². The number of quaternary nitrogens is 1. The summed E-state index contributed by atoms with van der Waals surface area (Å²) in [5.74, 6) is 0. The summed E-state index contributed by atoms with van der Waals surface area (Å²) in [6.07, 6.45) is 22.7. The van der Waals surface area contributed by atoms with Crippen molar-refractivity contribution in [1.29, 1.82) is 0 Å². The predicted molar refractivity (Wildman–Crippen MR) is 127 cm³/mol. The normalized spacial score (nSPS) is 16.6. The molecule has 0 spiro atoms. The lowest BCUT2D eigenvalue weighted by Gasteiger charge is -2.39. The zero-order valence-corrected chi connectivity index (χ0v) is 19.8. The van der Waals surface area contributed by atoms with Crippen LogP contribution in [0.25, 0.3) is 0 Å². The van der Waals surface area contributed by atoms with Crippen LogP contribution in [0, 0.1) is 5.21 Å². The molecule has 1 heterocycles. The molecule has 0 aromatic heterocycles. The van der Waals surface area contributed by atoms with Crippen molar-refractivity contribution >= 4 is 6.09 Å². The van der Waals surface area contributed by atoms with E-state index in [1.807, 2.05) is 0 Å². The fourth-order valence-electron chi connectivity index (χ4n) is 4.75.